The smallest absolute Gasteiger partial charge is 0.145 e. The van der Waals surface area contributed by atoms with Crippen LogP contribution < -0.4 is 14.5 Å². The molecule has 0 spiro atoms. The number of furan rings is 1. The number of anilines is 4. The highest BCUT2D eigenvalue weighted by atomic mass is 16.5. The number of nitrogens with zero attached hydrogens (tertiary/aromatic N) is 4. The van der Waals surface area contributed by atoms with Crippen LogP contribution in [-0.4, -0.2) is 16.2 Å². The van der Waals surface area contributed by atoms with Crippen LogP contribution in [0.4, 0.5) is 22.7 Å². The maximum Gasteiger partial charge on any atom is 0.145 e. The molecule has 0 saturated carbocycles. The predicted molar refractivity (Wildman–Crippen MR) is 372 cm³/mol. The Bertz CT molecular complexity index is 4390. The van der Waals surface area contributed by atoms with Gasteiger partial charge in [0, 0.05) is 56.9 Å². The van der Waals surface area contributed by atoms with E-state index in [1.807, 2.05) is 12.3 Å². The van der Waals surface area contributed by atoms with E-state index in [2.05, 4.69) is 299 Å². The van der Waals surface area contributed by atoms with Crippen molar-refractivity contribution in [3.05, 3.63) is 202 Å². The SMILES string of the molecule is Cc1c(C)c(-c2cc(C(C)(C)C)cc(C(C)(C)C)c2)c(N2CN(c3cccc(Oc4cc5c(cc4C(C)(C)C)c4c6oc7ccccc7c6ccc4n5-c4cc(C(C)(C)C)ccn4)c3)c3ccccc32)c(-c2cc(C(C)(C)C)cc(C(C)(C)C)c2)c1C. The van der Waals surface area contributed by atoms with Gasteiger partial charge in [0.2, 0.25) is 0 Å². The number of benzene rings is 8. The highest BCUT2D eigenvalue weighted by Gasteiger charge is 2.36. The first-order valence-electron chi connectivity index (χ1n) is 31.5. The lowest BCUT2D eigenvalue weighted by Gasteiger charge is -2.33. The van der Waals surface area contributed by atoms with E-state index >= 15 is 0 Å². The van der Waals surface area contributed by atoms with Crippen LogP contribution >= 0.6 is 0 Å². The van der Waals surface area contributed by atoms with Crippen LogP contribution in [-0.2, 0) is 32.5 Å². The van der Waals surface area contributed by atoms with E-state index in [-0.39, 0.29) is 32.5 Å². The summed E-state index contributed by atoms with van der Waals surface area (Å²) >= 11 is 0. The molecule has 0 fully saturated rings. The molecular formula is C81H90N4O2. The summed E-state index contributed by atoms with van der Waals surface area (Å²) in [5.74, 6) is 2.41. The fourth-order valence-corrected chi connectivity index (χ4v) is 13.1. The predicted octanol–water partition coefficient (Wildman–Crippen LogP) is 23.2. The van der Waals surface area contributed by atoms with Gasteiger partial charge in [-0.05, 0) is 170 Å². The van der Waals surface area contributed by atoms with Crippen molar-refractivity contribution < 1.29 is 9.15 Å². The van der Waals surface area contributed by atoms with Gasteiger partial charge in [-0.3, -0.25) is 4.57 Å². The number of hydrogen-bond acceptors (Lipinski definition) is 5. The molecule has 6 nitrogen and oxygen atoms in total. The molecule has 87 heavy (non-hydrogen) atoms. The van der Waals surface area contributed by atoms with Crippen molar-refractivity contribution in [1.29, 1.82) is 0 Å². The zero-order valence-electron chi connectivity index (χ0n) is 55.7. The number of para-hydroxylation sites is 3. The van der Waals surface area contributed by atoms with E-state index < -0.39 is 0 Å². The van der Waals surface area contributed by atoms with E-state index in [4.69, 9.17) is 14.1 Å². The van der Waals surface area contributed by atoms with Gasteiger partial charge in [-0.2, -0.15) is 0 Å². The Labute approximate surface area is 518 Å². The van der Waals surface area contributed by atoms with Crippen molar-refractivity contribution in [1.82, 2.24) is 9.55 Å². The van der Waals surface area contributed by atoms with Crippen molar-refractivity contribution in [3.8, 4) is 39.6 Å². The summed E-state index contributed by atoms with van der Waals surface area (Å²) in [7, 11) is 0. The Hall–Kier alpha value is -8.09. The summed E-state index contributed by atoms with van der Waals surface area (Å²) in [5, 5.41) is 4.36. The molecular weight excluding hydrogens is 1060 g/mol. The van der Waals surface area contributed by atoms with E-state index in [0.717, 1.165) is 83.7 Å². The van der Waals surface area contributed by atoms with Crippen molar-refractivity contribution in [2.75, 3.05) is 16.5 Å². The standard InChI is InChI=1S/C81H90N4O2/c1-48-49(2)71(51-37-54(77(7,8)9)41-55(38-51)78(10,11)12)74(72(50(48)3)52-39-56(79(13,14)15)42-57(40-52)80(16,17)18)84-47-83(64-30-23-24-31-65(64)84)58-27-26-28-59(44-58)86-69-46-67-62(45-63(69)81(19,20)21)73-66(85(67)70-43-53(35-36-82-70)76(4,5)6)34-33-61-60-29-22-25-32-68(60)87-75(61)73/h22-46H,47H2,1-21H3. The zero-order chi connectivity index (χ0) is 62.4. The van der Waals surface area contributed by atoms with Crippen LogP contribution in [0.15, 0.2) is 156 Å². The van der Waals surface area contributed by atoms with Gasteiger partial charge < -0.3 is 19.0 Å². The second-order valence-electron chi connectivity index (χ2n) is 31.2. The average Bonchev–Trinajstić information content (AvgIpc) is 1.66. The first kappa shape index (κ1) is 59.3. The minimum atomic E-state index is -0.296. The third-order valence-electron chi connectivity index (χ3n) is 18.7. The lowest BCUT2D eigenvalue weighted by atomic mass is 9.76. The molecule has 12 rings (SSSR count). The van der Waals surface area contributed by atoms with Crippen LogP contribution in [0.2, 0.25) is 0 Å². The number of aromatic nitrogens is 2. The fraction of sp³-hybridized carbons (Fsp3) is 0.346. The molecule has 4 heterocycles. The second-order valence-corrected chi connectivity index (χ2v) is 31.2. The number of ether oxygens (including phenoxy) is 1. The topological polar surface area (TPSA) is 46.7 Å². The van der Waals surface area contributed by atoms with Gasteiger partial charge in [0.25, 0.3) is 0 Å². The van der Waals surface area contributed by atoms with Gasteiger partial charge in [-0.25, -0.2) is 4.98 Å². The molecule has 1 aliphatic rings. The van der Waals surface area contributed by atoms with E-state index in [1.54, 1.807) is 0 Å². The monoisotopic (exact) mass is 1150 g/mol. The summed E-state index contributed by atoms with van der Waals surface area (Å²) in [5.41, 5.74) is 24.3. The molecule has 8 aromatic carbocycles. The summed E-state index contributed by atoms with van der Waals surface area (Å²) in [6, 6.07) is 54.4. The molecule has 1 aliphatic heterocycles. The summed E-state index contributed by atoms with van der Waals surface area (Å²) in [6.45, 7) is 49.5. The first-order chi connectivity index (χ1) is 40.7. The number of hydrogen-bond donors (Lipinski definition) is 0. The van der Waals surface area contributed by atoms with Crippen LogP contribution in [0.25, 0.3) is 71.8 Å². The van der Waals surface area contributed by atoms with E-state index in [9.17, 15) is 0 Å². The van der Waals surface area contributed by atoms with Crippen LogP contribution in [0.1, 0.15) is 175 Å². The van der Waals surface area contributed by atoms with Gasteiger partial charge in [0.05, 0.1) is 33.5 Å². The molecule has 0 unspecified atom stereocenters. The lowest BCUT2D eigenvalue weighted by molar-refractivity contribution is 0.456. The second kappa shape index (κ2) is 20.5. The zero-order valence-corrected chi connectivity index (χ0v) is 55.7. The number of rotatable bonds is 7. The molecule has 0 N–H and O–H groups in total. The first-order valence-corrected chi connectivity index (χ1v) is 31.5. The summed E-state index contributed by atoms with van der Waals surface area (Å²) < 4.78 is 16.6. The molecule has 0 saturated heterocycles. The van der Waals surface area contributed by atoms with Crippen molar-refractivity contribution in [2.24, 2.45) is 0 Å². The fourth-order valence-electron chi connectivity index (χ4n) is 13.1. The molecule has 0 amide bonds. The lowest BCUT2D eigenvalue weighted by Crippen LogP contribution is -2.26. The maximum absolute atomic E-state index is 7.40. The Morgan fingerprint density at radius 2 is 0.977 bits per heavy atom. The van der Waals surface area contributed by atoms with Crippen LogP contribution in [0.3, 0.4) is 0 Å². The number of pyridine rings is 1. The normalized spacial score (nSPS) is 13.7. The number of fused-ring (bicyclic) bond motifs is 8. The van der Waals surface area contributed by atoms with Gasteiger partial charge in [0.15, 0.2) is 0 Å². The summed E-state index contributed by atoms with van der Waals surface area (Å²) in [6.07, 6.45) is 1.95. The highest BCUT2D eigenvalue weighted by molar-refractivity contribution is 6.24. The average molecular weight is 1150 g/mol. The van der Waals surface area contributed by atoms with Gasteiger partial charge >= 0.3 is 0 Å². The Morgan fingerprint density at radius 1 is 0.437 bits per heavy atom. The molecule has 0 atom stereocenters. The van der Waals surface area contributed by atoms with Crippen molar-refractivity contribution >= 4 is 66.5 Å². The minimum absolute atomic E-state index is 0.0747. The Balaban J connectivity index is 1.05. The van der Waals surface area contributed by atoms with E-state index in [1.165, 1.54) is 72.4 Å². The van der Waals surface area contributed by atoms with Gasteiger partial charge in [-0.15, -0.1) is 0 Å². The largest absolute Gasteiger partial charge is 0.457 e. The quantitative estimate of drug-likeness (QED) is 0.159. The van der Waals surface area contributed by atoms with E-state index in [0.29, 0.717) is 6.67 Å². The molecule has 0 radical (unpaired) electrons. The molecule has 6 heteroatoms. The molecule has 0 aliphatic carbocycles. The molecule has 446 valence electrons. The molecule has 11 aromatic rings. The maximum atomic E-state index is 7.40. The third kappa shape index (κ3) is 10.5. The van der Waals surface area contributed by atoms with Crippen molar-refractivity contribution in [2.45, 2.75) is 178 Å². The van der Waals surface area contributed by atoms with Gasteiger partial charge in [0.1, 0.15) is 35.2 Å². The van der Waals surface area contributed by atoms with Gasteiger partial charge in [-0.1, -0.05) is 197 Å². The Kier molecular flexibility index (Phi) is 14.0. The summed E-state index contributed by atoms with van der Waals surface area (Å²) in [4.78, 5) is 10.2. The highest BCUT2D eigenvalue weighted by Crippen LogP contribution is 2.55. The molecule has 0 bridgehead atoms. The minimum Gasteiger partial charge on any atom is -0.457 e. The third-order valence-corrected chi connectivity index (χ3v) is 18.7. The molecule has 3 aromatic heterocycles. The van der Waals surface area contributed by atoms with Crippen LogP contribution in [0, 0.1) is 20.8 Å². The Morgan fingerprint density at radius 3 is 1.53 bits per heavy atom. The van der Waals surface area contributed by atoms with Crippen LogP contribution in [0.5, 0.6) is 11.5 Å². The van der Waals surface area contributed by atoms with Crippen molar-refractivity contribution in [3.63, 3.8) is 0 Å².